The van der Waals surface area contributed by atoms with E-state index in [9.17, 15) is 8.78 Å². The van der Waals surface area contributed by atoms with Gasteiger partial charge in [-0.15, -0.1) is 0 Å². The van der Waals surface area contributed by atoms with Gasteiger partial charge in [0.05, 0.1) is 4.47 Å². The maximum Gasteiger partial charge on any atom is 0.143 e. The standard InChI is InChI=1S/C13H18BrF2N/c1-13(2,6-7-17-3)8-9-11(15)5-4-10(14)12(9)16/h4-5,17H,6-8H2,1-3H3. The number of benzene rings is 1. The van der Waals surface area contributed by atoms with Crippen LogP contribution in [0.1, 0.15) is 25.8 Å². The number of rotatable bonds is 5. The molecule has 0 fully saturated rings. The molecule has 0 aliphatic carbocycles. The maximum atomic E-state index is 13.8. The normalized spacial score (nSPS) is 11.9. The minimum Gasteiger partial charge on any atom is -0.320 e. The Bertz CT molecular complexity index is 391. The Hall–Kier alpha value is -0.480. The molecule has 0 atom stereocenters. The van der Waals surface area contributed by atoms with Crippen molar-refractivity contribution in [2.24, 2.45) is 5.41 Å². The van der Waals surface area contributed by atoms with Crippen LogP contribution < -0.4 is 5.32 Å². The van der Waals surface area contributed by atoms with Crippen LogP contribution in [-0.4, -0.2) is 13.6 Å². The molecule has 1 rings (SSSR count). The molecular weight excluding hydrogens is 288 g/mol. The summed E-state index contributed by atoms with van der Waals surface area (Å²) in [5, 5.41) is 3.05. The maximum absolute atomic E-state index is 13.8. The van der Waals surface area contributed by atoms with Gasteiger partial charge in [0.1, 0.15) is 11.6 Å². The molecule has 0 saturated heterocycles. The van der Waals surface area contributed by atoms with Gasteiger partial charge in [0.2, 0.25) is 0 Å². The van der Waals surface area contributed by atoms with Crippen LogP contribution in [0.5, 0.6) is 0 Å². The first-order valence-corrected chi connectivity index (χ1v) is 6.43. The monoisotopic (exact) mass is 305 g/mol. The van der Waals surface area contributed by atoms with E-state index in [1.807, 2.05) is 20.9 Å². The van der Waals surface area contributed by atoms with Gasteiger partial charge >= 0.3 is 0 Å². The summed E-state index contributed by atoms with van der Waals surface area (Å²) >= 11 is 3.09. The summed E-state index contributed by atoms with van der Waals surface area (Å²) in [7, 11) is 1.87. The predicted octanol–water partition coefficient (Wildman–Crippen LogP) is 3.91. The highest BCUT2D eigenvalue weighted by molar-refractivity contribution is 9.10. The third-order valence-corrected chi connectivity index (χ3v) is 3.46. The highest BCUT2D eigenvalue weighted by Crippen LogP contribution is 2.30. The lowest BCUT2D eigenvalue weighted by Crippen LogP contribution is -2.23. The van der Waals surface area contributed by atoms with Crippen molar-refractivity contribution in [3.63, 3.8) is 0 Å². The van der Waals surface area contributed by atoms with Crippen molar-refractivity contribution in [2.45, 2.75) is 26.7 Å². The molecule has 0 unspecified atom stereocenters. The molecule has 1 N–H and O–H groups in total. The van der Waals surface area contributed by atoms with Crippen molar-refractivity contribution < 1.29 is 8.78 Å². The molecule has 1 nitrogen and oxygen atoms in total. The van der Waals surface area contributed by atoms with Crippen molar-refractivity contribution in [3.05, 3.63) is 33.8 Å². The molecule has 0 saturated carbocycles. The fourth-order valence-corrected chi connectivity index (χ4v) is 2.13. The number of hydrogen-bond donors (Lipinski definition) is 1. The van der Waals surface area contributed by atoms with Crippen LogP contribution in [0.3, 0.4) is 0 Å². The fourth-order valence-electron chi connectivity index (χ4n) is 1.76. The third-order valence-electron chi connectivity index (χ3n) is 2.85. The summed E-state index contributed by atoms with van der Waals surface area (Å²) in [6.07, 6.45) is 1.26. The zero-order valence-corrected chi connectivity index (χ0v) is 12.0. The summed E-state index contributed by atoms with van der Waals surface area (Å²) in [5.41, 5.74) is 0.0337. The zero-order chi connectivity index (χ0) is 13.1. The van der Waals surface area contributed by atoms with Crippen LogP contribution in [0.4, 0.5) is 8.78 Å². The Morgan fingerprint density at radius 3 is 2.53 bits per heavy atom. The summed E-state index contributed by atoms with van der Waals surface area (Å²) in [6, 6.07) is 2.70. The fraction of sp³-hybridized carbons (Fsp3) is 0.538. The SMILES string of the molecule is CNCCC(C)(C)Cc1c(F)ccc(Br)c1F. The van der Waals surface area contributed by atoms with Crippen molar-refractivity contribution >= 4 is 15.9 Å². The average molecular weight is 306 g/mol. The van der Waals surface area contributed by atoms with Crippen LogP contribution in [0.15, 0.2) is 16.6 Å². The average Bonchev–Trinajstić information content (AvgIpc) is 2.27. The second-order valence-corrected chi connectivity index (χ2v) is 5.87. The summed E-state index contributed by atoms with van der Waals surface area (Å²) in [6.45, 7) is 4.87. The van der Waals surface area contributed by atoms with Crippen molar-refractivity contribution in [3.8, 4) is 0 Å². The second kappa shape index (κ2) is 5.91. The van der Waals surface area contributed by atoms with Gasteiger partial charge in [0.25, 0.3) is 0 Å². The van der Waals surface area contributed by atoms with Crippen molar-refractivity contribution in [1.82, 2.24) is 5.32 Å². The Morgan fingerprint density at radius 1 is 1.29 bits per heavy atom. The Morgan fingerprint density at radius 2 is 1.94 bits per heavy atom. The van der Waals surface area contributed by atoms with Gasteiger partial charge < -0.3 is 5.32 Å². The molecule has 1 aromatic carbocycles. The van der Waals surface area contributed by atoms with E-state index in [0.717, 1.165) is 13.0 Å². The first kappa shape index (κ1) is 14.6. The quantitative estimate of drug-likeness (QED) is 0.813. The minimum atomic E-state index is -0.484. The molecule has 4 heteroatoms. The Labute approximate surface area is 110 Å². The van der Waals surface area contributed by atoms with E-state index in [2.05, 4.69) is 21.2 Å². The molecule has 0 amide bonds. The lowest BCUT2D eigenvalue weighted by atomic mass is 9.82. The van der Waals surface area contributed by atoms with Crippen molar-refractivity contribution in [1.29, 1.82) is 0 Å². The van der Waals surface area contributed by atoms with E-state index in [1.165, 1.54) is 12.1 Å². The molecule has 1 aromatic rings. The highest BCUT2D eigenvalue weighted by Gasteiger charge is 2.23. The van der Waals surface area contributed by atoms with E-state index < -0.39 is 11.6 Å². The molecule has 17 heavy (non-hydrogen) atoms. The molecule has 0 aliphatic rings. The molecule has 0 radical (unpaired) electrons. The molecular formula is C13H18BrF2N. The lowest BCUT2D eigenvalue weighted by molar-refractivity contribution is 0.319. The largest absolute Gasteiger partial charge is 0.320 e. The van der Waals surface area contributed by atoms with Crippen LogP contribution in [0.25, 0.3) is 0 Å². The second-order valence-electron chi connectivity index (χ2n) is 5.02. The smallest absolute Gasteiger partial charge is 0.143 e. The lowest BCUT2D eigenvalue weighted by Gasteiger charge is -2.25. The van der Waals surface area contributed by atoms with Crippen LogP contribution in [0.2, 0.25) is 0 Å². The summed E-state index contributed by atoms with van der Waals surface area (Å²) in [4.78, 5) is 0. The minimum absolute atomic E-state index is 0.133. The first-order chi connectivity index (χ1) is 7.87. The Kier molecular flexibility index (Phi) is 5.07. The van der Waals surface area contributed by atoms with Gasteiger partial charge in [-0.2, -0.15) is 0 Å². The molecule has 0 bridgehead atoms. The van der Waals surface area contributed by atoms with Crippen LogP contribution in [-0.2, 0) is 6.42 Å². The Balaban J connectivity index is 2.91. The van der Waals surface area contributed by atoms with Gasteiger partial charge in [-0.05, 0) is 59.9 Å². The number of hydrogen-bond acceptors (Lipinski definition) is 1. The van der Waals surface area contributed by atoms with Gasteiger partial charge in [-0.3, -0.25) is 0 Å². The first-order valence-electron chi connectivity index (χ1n) is 5.64. The van der Waals surface area contributed by atoms with E-state index in [4.69, 9.17) is 0 Å². The van der Waals surface area contributed by atoms with E-state index >= 15 is 0 Å². The summed E-state index contributed by atoms with van der Waals surface area (Å²) in [5.74, 6) is -0.953. The van der Waals surface area contributed by atoms with Gasteiger partial charge in [0.15, 0.2) is 0 Å². The van der Waals surface area contributed by atoms with Crippen LogP contribution in [0, 0.1) is 17.0 Å². The van der Waals surface area contributed by atoms with Gasteiger partial charge in [-0.1, -0.05) is 13.8 Å². The van der Waals surface area contributed by atoms with Crippen LogP contribution >= 0.6 is 15.9 Å². The van der Waals surface area contributed by atoms with E-state index in [-0.39, 0.29) is 11.0 Å². The topological polar surface area (TPSA) is 12.0 Å². The molecule has 96 valence electrons. The molecule has 0 heterocycles. The van der Waals surface area contributed by atoms with E-state index in [1.54, 1.807) is 0 Å². The zero-order valence-electron chi connectivity index (χ0n) is 10.4. The van der Waals surface area contributed by atoms with Gasteiger partial charge in [-0.25, -0.2) is 8.78 Å². The van der Waals surface area contributed by atoms with E-state index in [0.29, 0.717) is 10.9 Å². The molecule has 0 aromatic heterocycles. The predicted molar refractivity (Wildman–Crippen MR) is 70.1 cm³/mol. The molecule has 0 aliphatic heterocycles. The molecule has 0 spiro atoms. The highest BCUT2D eigenvalue weighted by atomic mass is 79.9. The van der Waals surface area contributed by atoms with Crippen molar-refractivity contribution in [2.75, 3.05) is 13.6 Å². The van der Waals surface area contributed by atoms with Gasteiger partial charge in [0, 0.05) is 5.56 Å². The summed E-state index contributed by atoms with van der Waals surface area (Å²) < 4.78 is 27.7. The number of nitrogens with one attached hydrogen (secondary N) is 1. The number of halogens is 3. The third kappa shape index (κ3) is 4.03.